The molecule has 0 radical (unpaired) electrons. The van der Waals surface area contributed by atoms with E-state index in [1.807, 2.05) is 0 Å². The number of hydrogen-bond donors (Lipinski definition) is 0. The SMILES string of the molecule is CC(C)CCC[C@@H](C)[C@H]1CC[C@H]2[C@@H]3CC=C4CC(OCN5CCCCC5)CC[C@]4(C)[C@H]3CC[C@]12C. The van der Waals surface area contributed by atoms with Crippen molar-refractivity contribution in [1.82, 2.24) is 4.90 Å². The number of nitrogens with zero attached hydrogens (tertiary/aromatic N) is 1. The third kappa shape index (κ3) is 5.19. The van der Waals surface area contributed by atoms with E-state index in [4.69, 9.17) is 4.74 Å². The van der Waals surface area contributed by atoms with Gasteiger partial charge >= 0.3 is 0 Å². The zero-order valence-electron chi connectivity index (χ0n) is 24.0. The van der Waals surface area contributed by atoms with Crippen molar-refractivity contribution < 1.29 is 4.74 Å². The zero-order chi connectivity index (χ0) is 24.6. The molecule has 0 spiro atoms. The maximum atomic E-state index is 6.51. The van der Waals surface area contributed by atoms with Gasteiger partial charge in [0.05, 0.1) is 12.8 Å². The van der Waals surface area contributed by atoms with E-state index < -0.39 is 0 Å². The minimum absolute atomic E-state index is 0.455. The van der Waals surface area contributed by atoms with Crippen LogP contribution in [0, 0.1) is 46.3 Å². The predicted octanol–water partition coefficient (Wildman–Crippen LogP) is 8.86. The molecule has 0 aromatic carbocycles. The average molecular weight is 484 g/mol. The Labute approximate surface area is 218 Å². The van der Waals surface area contributed by atoms with E-state index in [1.165, 1.54) is 103 Å². The molecule has 1 saturated heterocycles. The molecule has 0 bridgehead atoms. The molecule has 4 fully saturated rings. The lowest BCUT2D eigenvalue weighted by atomic mass is 9.47. The van der Waals surface area contributed by atoms with E-state index in [-0.39, 0.29) is 0 Å². The van der Waals surface area contributed by atoms with Gasteiger partial charge < -0.3 is 4.74 Å². The Balaban J connectivity index is 1.21. The summed E-state index contributed by atoms with van der Waals surface area (Å²) in [6.07, 6.45) is 22.9. The lowest BCUT2D eigenvalue weighted by Gasteiger charge is -2.58. The van der Waals surface area contributed by atoms with E-state index in [0.29, 0.717) is 16.9 Å². The highest BCUT2D eigenvalue weighted by Crippen LogP contribution is 2.67. The van der Waals surface area contributed by atoms with Crippen molar-refractivity contribution in [1.29, 1.82) is 0 Å². The number of allylic oxidation sites excluding steroid dienone is 1. The summed E-state index contributed by atoms with van der Waals surface area (Å²) in [5.74, 6) is 5.59. The second-order valence-electron chi connectivity index (χ2n) is 14.6. The van der Waals surface area contributed by atoms with Crippen LogP contribution < -0.4 is 0 Å². The molecule has 5 aliphatic rings. The van der Waals surface area contributed by atoms with Gasteiger partial charge in [0, 0.05) is 13.1 Å². The lowest BCUT2D eigenvalue weighted by Crippen LogP contribution is -2.51. The molecule has 0 aromatic rings. The molecule has 8 atom stereocenters. The molecule has 0 aromatic heterocycles. The molecule has 2 nitrogen and oxygen atoms in total. The highest BCUT2D eigenvalue weighted by atomic mass is 16.5. The second-order valence-corrected chi connectivity index (χ2v) is 14.6. The Hall–Kier alpha value is -0.340. The van der Waals surface area contributed by atoms with Gasteiger partial charge in [0.25, 0.3) is 0 Å². The molecule has 5 rings (SSSR count). The fraction of sp³-hybridized carbons (Fsp3) is 0.939. The van der Waals surface area contributed by atoms with E-state index in [0.717, 1.165) is 42.2 Å². The Morgan fingerprint density at radius 3 is 2.51 bits per heavy atom. The van der Waals surface area contributed by atoms with Crippen LogP contribution in [-0.2, 0) is 4.74 Å². The number of hydrogen-bond acceptors (Lipinski definition) is 2. The highest BCUT2D eigenvalue weighted by molar-refractivity contribution is 5.25. The Morgan fingerprint density at radius 1 is 0.943 bits per heavy atom. The zero-order valence-corrected chi connectivity index (χ0v) is 24.0. The molecule has 200 valence electrons. The summed E-state index contributed by atoms with van der Waals surface area (Å²) in [5, 5.41) is 0. The van der Waals surface area contributed by atoms with Gasteiger partial charge in [-0.3, -0.25) is 4.90 Å². The molecule has 3 saturated carbocycles. The highest BCUT2D eigenvalue weighted by Gasteiger charge is 2.59. The first-order valence-corrected chi connectivity index (χ1v) is 15.8. The minimum Gasteiger partial charge on any atom is -0.363 e. The van der Waals surface area contributed by atoms with Crippen LogP contribution in [0.4, 0.5) is 0 Å². The normalized spacial score (nSPS) is 42.8. The van der Waals surface area contributed by atoms with Crippen LogP contribution in [0.3, 0.4) is 0 Å². The lowest BCUT2D eigenvalue weighted by molar-refractivity contribution is -0.0777. The first kappa shape index (κ1) is 26.3. The van der Waals surface area contributed by atoms with Crippen LogP contribution in [0.2, 0.25) is 0 Å². The predicted molar refractivity (Wildman–Crippen MR) is 148 cm³/mol. The molecule has 35 heavy (non-hydrogen) atoms. The van der Waals surface area contributed by atoms with Crippen LogP contribution in [-0.4, -0.2) is 30.8 Å². The number of likely N-dealkylation sites (tertiary alicyclic amines) is 1. The monoisotopic (exact) mass is 483 g/mol. The first-order valence-electron chi connectivity index (χ1n) is 15.8. The molecule has 0 amide bonds. The molecule has 1 aliphatic heterocycles. The second kappa shape index (κ2) is 10.8. The first-order chi connectivity index (χ1) is 16.8. The Morgan fingerprint density at radius 2 is 1.74 bits per heavy atom. The number of piperidine rings is 1. The summed E-state index contributed by atoms with van der Waals surface area (Å²) in [6, 6.07) is 0. The fourth-order valence-electron chi connectivity index (χ4n) is 10.1. The third-order valence-corrected chi connectivity index (χ3v) is 12.2. The average Bonchev–Trinajstić information content (AvgIpc) is 3.20. The van der Waals surface area contributed by atoms with Gasteiger partial charge in [0.2, 0.25) is 0 Å². The molecule has 2 heteroatoms. The van der Waals surface area contributed by atoms with Gasteiger partial charge in [-0.1, -0.05) is 72.0 Å². The van der Waals surface area contributed by atoms with E-state index in [9.17, 15) is 0 Å². The van der Waals surface area contributed by atoms with Crippen molar-refractivity contribution in [2.75, 3.05) is 19.8 Å². The summed E-state index contributed by atoms with van der Waals surface area (Å²) in [7, 11) is 0. The molecule has 0 N–H and O–H groups in total. The van der Waals surface area contributed by atoms with Crippen LogP contribution in [0.15, 0.2) is 11.6 Å². The van der Waals surface area contributed by atoms with Crippen molar-refractivity contribution in [2.24, 2.45) is 46.3 Å². The van der Waals surface area contributed by atoms with Gasteiger partial charge in [-0.2, -0.15) is 0 Å². The Bertz CT molecular complexity index is 737. The number of fused-ring (bicyclic) bond motifs is 5. The number of ether oxygens (including phenoxy) is 1. The van der Waals surface area contributed by atoms with Gasteiger partial charge in [0.1, 0.15) is 0 Å². The van der Waals surface area contributed by atoms with Crippen molar-refractivity contribution in [3.8, 4) is 0 Å². The van der Waals surface area contributed by atoms with Crippen LogP contribution in [0.25, 0.3) is 0 Å². The standard InChI is InChI=1S/C33H57NO/c1-24(2)10-9-11-25(3)29-14-15-30-28-13-12-26-22-27(35-23-34-20-7-6-8-21-34)16-18-32(26,4)31(28)17-19-33(29,30)5/h12,24-25,27-31H,6-11,13-23H2,1-5H3/t25-,27?,28+,29-,30+,31+,32+,33-/m1/s1. The molecule has 1 unspecified atom stereocenters. The van der Waals surface area contributed by atoms with Gasteiger partial charge in [-0.25, -0.2) is 0 Å². The molecular formula is C33H57NO. The fourth-order valence-corrected chi connectivity index (χ4v) is 10.1. The summed E-state index contributed by atoms with van der Waals surface area (Å²) >= 11 is 0. The summed E-state index contributed by atoms with van der Waals surface area (Å²) in [5.41, 5.74) is 2.85. The van der Waals surface area contributed by atoms with Gasteiger partial charge in [-0.05, 0) is 111 Å². The summed E-state index contributed by atoms with van der Waals surface area (Å²) < 4.78 is 6.51. The summed E-state index contributed by atoms with van der Waals surface area (Å²) in [4.78, 5) is 2.55. The van der Waals surface area contributed by atoms with Crippen molar-refractivity contribution in [3.63, 3.8) is 0 Å². The maximum absolute atomic E-state index is 6.51. The number of rotatable bonds is 8. The molecular weight excluding hydrogens is 426 g/mol. The van der Waals surface area contributed by atoms with Crippen molar-refractivity contribution >= 4 is 0 Å². The van der Waals surface area contributed by atoms with Crippen LogP contribution in [0.5, 0.6) is 0 Å². The van der Waals surface area contributed by atoms with E-state index in [1.54, 1.807) is 5.57 Å². The van der Waals surface area contributed by atoms with Crippen LogP contribution >= 0.6 is 0 Å². The van der Waals surface area contributed by atoms with E-state index in [2.05, 4.69) is 45.6 Å². The van der Waals surface area contributed by atoms with Crippen molar-refractivity contribution in [3.05, 3.63) is 11.6 Å². The van der Waals surface area contributed by atoms with Gasteiger partial charge in [-0.15, -0.1) is 0 Å². The smallest absolute Gasteiger partial charge is 0.0994 e. The minimum atomic E-state index is 0.455. The summed E-state index contributed by atoms with van der Waals surface area (Å²) in [6.45, 7) is 16.1. The molecule has 1 heterocycles. The van der Waals surface area contributed by atoms with Gasteiger partial charge in [0.15, 0.2) is 0 Å². The topological polar surface area (TPSA) is 12.5 Å². The largest absolute Gasteiger partial charge is 0.363 e. The quantitative estimate of drug-likeness (QED) is 0.320. The maximum Gasteiger partial charge on any atom is 0.0994 e. The van der Waals surface area contributed by atoms with Crippen molar-refractivity contribution in [2.45, 2.75) is 131 Å². The Kier molecular flexibility index (Phi) is 8.11. The van der Waals surface area contributed by atoms with E-state index >= 15 is 0 Å². The molecule has 4 aliphatic carbocycles. The third-order valence-electron chi connectivity index (χ3n) is 12.2. The van der Waals surface area contributed by atoms with Crippen LogP contribution in [0.1, 0.15) is 125 Å².